The number of aliphatic imine (C=N–C) groups is 2. The monoisotopic (exact) mass is 891 g/mol. The Kier molecular flexibility index (Phi) is 25.7. The predicted molar refractivity (Wildman–Crippen MR) is 263 cm³/mol. The molecule has 0 spiro atoms. The summed E-state index contributed by atoms with van der Waals surface area (Å²) in [5.74, 6) is 0.926. The third-order valence-corrected chi connectivity index (χ3v) is 11.2. The van der Waals surface area contributed by atoms with Gasteiger partial charge in [0.15, 0.2) is 0 Å². The largest absolute Gasteiger partial charge is 0.507 e. The number of phenols is 2. The Morgan fingerprint density at radius 1 is 0.431 bits per heavy atom. The number of esters is 2. The summed E-state index contributed by atoms with van der Waals surface area (Å²) in [6.45, 7) is 7.07. The molecule has 352 valence electrons. The Bertz CT molecular complexity index is 1850. The molecule has 0 bridgehead atoms. The second kappa shape index (κ2) is 32.1. The lowest BCUT2D eigenvalue weighted by Gasteiger charge is -2.08. The summed E-state index contributed by atoms with van der Waals surface area (Å²) in [6.07, 6.45) is 28.1. The summed E-state index contributed by atoms with van der Waals surface area (Å²) in [6, 6.07) is 23.4. The number of unbranched alkanes of at least 4 members (excludes halogenated alkanes) is 18. The van der Waals surface area contributed by atoms with Gasteiger partial charge in [-0.25, -0.2) is 9.59 Å². The summed E-state index contributed by atoms with van der Waals surface area (Å²) in [4.78, 5) is 34.4. The van der Waals surface area contributed by atoms with Crippen molar-refractivity contribution in [3.8, 4) is 34.5 Å². The highest BCUT2D eigenvalue weighted by Gasteiger charge is 2.12. The number of ether oxygens (including phenoxy) is 4. The van der Waals surface area contributed by atoms with Gasteiger partial charge >= 0.3 is 11.9 Å². The topological polar surface area (TPSA) is 136 Å². The van der Waals surface area contributed by atoms with Crippen LogP contribution in [0.2, 0.25) is 0 Å². The maximum Gasteiger partial charge on any atom is 0.343 e. The Labute approximate surface area is 388 Å². The Morgan fingerprint density at radius 3 is 1.11 bits per heavy atom. The van der Waals surface area contributed by atoms with Gasteiger partial charge < -0.3 is 29.2 Å². The molecule has 0 aromatic heterocycles. The van der Waals surface area contributed by atoms with Gasteiger partial charge in [-0.15, -0.1) is 0 Å². The minimum absolute atomic E-state index is 0.0102. The summed E-state index contributed by atoms with van der Waals surface area (Å²) in [5.41, 5.74) is 1.91. The number of benzene rings is 4. The molecular formula is C55H74N2O8. The van der Waals surface area contributed by atoms with Crippen molar-refractivity contribution >= 4 is 24.4 Å². The van der Waals surface area contributed by atoms with Crippen LogP contribution in [-0.2, 0) is 0 Å². The number of carbonyl (C=O) groups is 2. The molecule has 65 heavy (non-hydrogen) atoms. The third-order valence-electron chi connectivity index (χ3n) is 11.2. The Hall–Kier alpha value is -5.64. The maximum absolute atomic E-state index is 12.7. The quantitative estimate of drug-likeness (QED) is 0.0205. The van der Waals surface area contributed by atoms with Crippen LogP contribution in [0, 0.1) is 0 Å². The fourth-order valence-corrected chi connectivity index (χ4v) is 7.21. The van der Waals surface area contributed by atoms with E-state index in [2.05, 4.69) is 23.8 Å². The molecule has 0 aliphatic rings. The van der Waals surface area contributed by atoms with Gasteiger partial charge in [-0.3, -0.25) is 9.98 Å². The first-order valence-corrected chi connectivity index (χ1v) is 24.4. The average Bonchev–Trinajstić information content (AvgIpc) is 3.31. The summed E-state index contributed by atoms with van der Waals surface area (Å²) in [5, 5.41) is 21.0. The van der Waals surface area contributed by atoms with Crippen LogP contribution < -0.4 is 18.9 Å². The lowest BCUT2D eigenvalue weighted by Crippen LogP contribution is -2.08. The van der Waals surface area contributed by atoms with Gasteiger partial charge in [-0.05, 0) is 98.5 Å². The fourth-order valence-electron chi connectivity index (χ4n) is 7.21. The van der Waals surface area contributed by atoms with E-state index in [4.69, 9.17) is 18.9 Å². The van der Waals surface area contributed by atoms with Crippen LogP contribution in [0.3, 0.4) is 0 Å². The zero-order valence-electron chi connectivity index (χ0n) is 39.2. The molecule has 0 heterocycles. The maximum atomic E-state index is 12.7. The van der Waals surface area contributed by atoms with Gasteiger partial charge in [-0.2, -0.15) is 0 Å². The molecule has 10 heteroatoms. The van der Waals surface area contributed by atoms with E-state index in [1.54, 1.807) is 85.2 Å². The van der Waals surface area contributed by atoms with Gasteiger partial charge in [0, 0.05) is 48.8 Å². The van der Waals surface area contributed by atoms with E-state index in [1.165, 1.54) is 102 Å². The lowest BCUT2D eigenvalue weighted by molar-refractivity contribution is 0.0724. The molecule has 0 atom stereocenters. The lowest BCUT2D eigenvalue weighted by atomic mass is 10.1. The molecule has 0 saturated carbocycles. The van der Waals surface area contributed by atoms with Crippen LogP contribution in [-0.4, -0.2) is 60.9 Å². The van der Waals surface area contributed by atoms with E-state index in [9.17, 15) is 19.8 Å². The Balaban J connectivity index is 1.03. The minimum atomic E-state index is -0.508. The smallest absolute Gasteiger partial charge is 0.343 e. The van der Waals surface area contributed by atoms with E-state index < -0.39 is 11.9 Å². The van der Waals surface area contributed by atoms with Crippen LogP contribution in [0.1, 0.15) is 181 Å². The fraction of sp³-hybridized carbons (Fsp3) is 0.491. The standard InChI is InChI=1S/C55H74N2O8/c1-3-5-7-9-11-13-18-22-38-62-48-30-24-44(25-31-48)54(60)64-50-34-28-46(52(58)40-50)42-56-36-20-16-15-17-21-37-57-43-47-29-35-51(41-53(47)59)65-55(61)45-26-32-49(33-27-45)63-39-23-19-14-12-10-8-6-4-2/h24-35,40-43,58-59H,3-23,36-39H2,1-2H3. The number of nitrogens with zero attached hydrogens (tertiary/aromatic N) is 2. The van der Waals surface area contributed by atoms with E-state index in [0.29, 0.717) is 48.6 Å². The molecule has 0 aliphatic heterocycles. The molecule has 0 amide bonds. The number of phenolic OH excluding ortho intramolecular Hbond substituents is 2. The van der Waals surface area contributed by atoms with Gasteiger partial charge in [0.1, 0.15) is 34.5 Å². The van der Waals surface area contributed by atoms with Crippen LogP contribution in [0.5, 0.6) is 34.5 Å². The van der Waals surface area contributed by atoms with Crippen molar-refractivity contribution < 1.29 is 38.7 Å². The number of carbonyl (C=O) groups excluding carboxylic acids is 2. The van der Waals surface area contributed by atoms with Crippen molar-refractivity contribution in [2.75, 3.05) is 26.3 Å². The van der Waals surface area contributed by atoms with E-state index in [0.717, 1.165) is 56.4 Å². The van der Waals surface area contributed by atoms with Crippen molar-refractivity contribution in [2.24, 2.45) is 9.98 Å². The normalized spacial score (nSPS) is 11.4. The zero-order valence-corrected chi connectivity index (χ0v) is 39.2. The van der Waals surface area contributed by atoms with Crippen LogP contribution in [0.4, 0.5) is 0 Å². The van der Waals surface area contributed by atoms with Gasteiger partial charge in [-0.1, -0.05) is 123 Å². The number of hydrogen-bond donors (Lipinski definition) is 2. The summed E-state index contributed by atoms with van der Waals surface area (Å²) < 4.78 is 22.7. The first kappa shape index (κ1) is 52.0. The first-order chi connectivity index (χ1) is 31.9. The first-order valence-electron chi connectivity index (χ1n) is 24.4. The van der Waals surface area contributed by atoms with E-state index >= 15 is 0 Å². The van der Waals surface area contributed by atoms with Crippen molar-refractivity contribution in [3.05, 3.63) is 107 Å². The molecule has 4 rings (SSSR count). The molecule has 4 aromatic rings. The molecule has 0 fully saturated rings. The summed E-state index contributed by atoms with van der Waals surface area (Å²) >= 11 is 0. The summed E-state index contributed by atoms with van der Waals surface area (Å²) in [7, 11) is 0. The molecule has 0 aliphatic carbocycles. The Morgan fingerprint density at radius 2 is 0.754 bits per heavy atom. The third kappa shape index (κ3) is 21.7. The van der Waals surface area contributed by atoms with Crippen molar-refractivity contribution in [1.29, 1.82) is 0 Å². The highest BCUT2D eigenvalue weighted by atomic mass is 16.5. The molecule has 0 saturated heterocycles. The zero-order chi connectivity index (χ0) is 46.2. The highest BCUT2D eigenvalue weighted by Crippen LogP contribution is 2.26. The highest BCUT2D eigenvalue weighted by molar-refractivity contribution is 5.92. The molecular weight excluding hydrogens is 817 g/mol. The molecule has 0 unspecified atom stereocenters. The number of rotatable bonds is 34. The second-order valence-corrected chi connectivity index (χ2v) is 16.8. The van der Waals surface area contributed by atoms with Crippen molar-refractivity contribution in [3.63, 3.8) is 0 Å². The van der Waals surface area contributed by atoms with Gasteiger partial charge in [0.25, 0.3) is 0 Å². The molecule has 4 aromatic carbocycles. The van der Waals surface area contributed by atoms with E-state index in [-0.39, 0.29) is 23.0 Å². The predicted octanol–water partition coefficient (Wildman–Crippen LogP) is 14.1. The second-order valence-electron chi connectivity index (χ2n) is 16.8. The van der Waals surface area contributed by atoms with Gasteiger partial charge in [0.2, 0.25) is 0 Å². The number of aromatic hydroxyl groups is 2. The van der Waals surface area contributed by atoms with Crippen molar-refractivity contribution in [1.82, 2.24) is 0 Å². The average molecular weight is 891 g/mol. The molecule has 0 radical (unpaired) electrons. The van der Waals surface area contributed by atoms with Crippen LogP contribution in [0.25, 0.3) is 0 Å². The van der Waals surface area contributed by atoms with Crippen LogP contribution >= 0.6 is 0 Å². The van der Waals surface area contributed by atoms with E-state index in [1.807, 2.05) is 0 Å². The molecule has 10 nitrogen and oxygen atoms in total. The molecule has 2 N–H and O–H groups in total. The SMILES string of the molecule is CCCCCCCCCCOc1ccc(C(=O)Oc2ccc(C=NCCCCCCCN=Cc3ccc(OC(=O)c4ccc(OCCCCCCCCCC)cc4)cc3O)c(O)c2)cc1. The van der Waals surface area contributed by atoms with Crippen LogP contribution in [0.15, 0.2) is 94.9 Å². The van der Waals surface area contributed by atoms with Crippen molar-refractivity contribution in [2.45, 2.75) is 149 Å². The number of hydrogen-bond acceptors (Lipinski definition) is 10. The minimum Gasteiger partial charge on any atom is -0.507 e. The van der Waals surface area contributed by atoms with Gasteiger partial charge in [0.05, 0.1) is 24.3 Å².